The second kappa shape index (κ2) is 12.0. The molecule has 0 N–H and O–H groups in total. The van der Waals surface area contributed by atoms with Gasteiger partial charge in [-0.3, -0.25) is 0 Å². The van der Waals surface area contributed by atoms with Gasteiger partial charge >= 0.3 is 0 Å². The molecule has 0 bridgehead atoms. The smallest absolute Gasteiger partial charge is 0.0134 e. The molecule has 0 radical (unpaired) electrons. The quantitative estimate of drug-likeness (QED) is 0.169. The fourth-order valence-corrected chi connectivity index (χ4v) is 9.58. The third kappa shape index (κ3) is 4.80. The fraction of sp³-hybridized carbons (Fsp3) is 0.200. The summed E-state index contributed by atoms with van der Waals surface area (Å²) in [6.07, 6.45) is 11.1. The maximum absolute atomic E-state index is 2.60. The molecule has 0 unspecified atom stereocenters. The first-order valence-corrected chi connectivity index (χ1v) is 18.4. The van der Waals surface area contributed by atoms with Crippen LogP contribution in [0.3, 0.4) is 0 Å². The Morgan fingerprint density at radius 2 is 0.860 bits per heavy atom. The molecule has 244 valence electrons. The zero-order valence-electron chi connectivity index (χ0n) is 29.7. The van der Waals surface area contributed by atoms with Crippen LogP contribution in [0.1, 0.15) is 63.8 Å². The van der Waals surface area contributed by atoms with Crippen molar-refractivity contribution < 1.29 is 0 Å². The molecule has 0 heterocycles. The van der Waals surface area contributed by atoms with Gasteiger partial charge in [0.25, 0.3) is 0 Å². The van der Waals surface area contributed by atoms with Gasteiger partial charge in [0, 0.05) is 5.41 Å². The molecule has 0 saturated heterocycles. The zero-order valence-corrected chi connectivity index (χ0v) is 29.7. The molecular weight excluding hydrogens is 601 g/mol. The molecule has 3 aliphatic rings. The van der Waals surface area contributed by atoms with Crippen LogP contribution in [-0.4, -0.2) is 0 Å². The highest BCUT2D eigenvalue weighted by atomic mass is 14.5. The Kier molecular flexibility index (Phi) is 7.39. The minimum absolute atomic E-state index is 0.154. The second-order valence-corrected chi connectivity index (χ2v) is 15.0. The van der Waals surface area contributed by atoms with Crippen LogP contribution >= 0.6 is 0 Å². The zero-order chi connectivity index (χ0) is 34.0. The van der Waals surface area contributed by atoms with Gasteiger partial charge in [-0.05, 0) is 142 Å². The van der Waals surface area contributed by atoms with E-state index in [2.05, 4.69) is 161 Å². The van der Waals surface area contributed by atoms with E-state index < -0.39 is 0 Å². The Labute approximate surface area is 297 Å². The average molecular weight is 645 g/mol. The molecule has 1 fully saturated rings. The lowest BCUT2D eigenvalue weighted by Crippen LogP contribution is -2.34. The Morgan fingerprint density at radius 3 is 1.26 bits per heavy atom. The topological polar surface area (TPSA) is 0 Å². The molecule has 0 heteroatoms. The van der Waals surface area contributed by atoms with Crippen LogP contribution < -0.4 is 0 Å². The summed E-state index contributed by atoms with van der Waals surface area (Å²) in [5.41, 5.74) is 25.4. The highest BCUT2D eigenvalue weighted by Gasteiger charge is 2.46. The molecule has 1 saturated carbocycles. The normalized spacial score (nSPS) is 15.6. The maximum atomic E-state index is 2.60. The summed E-state index contributed by atoms with van der Waals surface area (Å²) in [6, 6.07) is 45.1. The lowest BCUT2D eigenvalue weighted by atomic mass is 9.59. The molecule has 0 nitrogen and oxygen atoms in total. The van der Waals surface area contributed by atoms with Gasteiger partial charge in [-0.1, -0.05) is 151 Å². The summed E-state index contributed by atoms with van der Waals surface area (Å²) in [7, 11) is 0. The lowest BCUT2D eigenvalue weighted by molar-refractivity contribution is 0.235. The monoisotopic (exact) mass is 644 g/mol. The van der Waals surface area contributed by atoms with Gasteiger partial charge in [0.1, 0.15) is 0 Å². The number of fused-ring (bicyclic) bond motifs is 2. The lowest BCUT2D eigenvalue weighted by Gasteiger charge is -2.45. The van der Waals surface area contributed by atoms with Crippen molar-refractivity contribution in [2.75, 3.05) is 0 Å². The molecule has 0 aliphatic heterocycles. The van der Waals surface area contributed by atoms with E-state index in [0.29, 0.717) is 0 Å². The van der Waals surface area contributed by atoms with Crippen LogP contribution in [-0.2, 0) is 12.8 Å². The van der Waals surface area contributed by atoms with Crippen molar-refractivity contribution in [1.82, 2.24) is 0 Å². The summed E-state index contributed by atoms with van der Waals surface area (Å²) in [6.45, 7) is 9.11. The number of rotatable bonds is 6. The van der Waals surface area contributed by atoms with Crippen molar-refractivity contribution in [3.8, 4) is 44.5 Å². The van der Waals surface area contributed by atoms with E-state index in [9.17, 15) is 0 Å². The van der Waals surface area contributed by atoms with Crippen molar-refractivity contribution in [2.45, 2.75) is 59.8 Å². The minimum atomic E-state index is 0.154. The van der Waals surface area contributed by atoms with Gasteiger partial charge in [0.2, 0.25) is 0 Å². The highest BCUT2D eigenvalue weighted by Crippen LogP contribution is 2.59. The number of hydrogen-bond acceptors (Lipinski definition) is 0. The van der Waals surface area contributed by atoms with Gasteiger partial charge < -0.3 is 0 Å². The second-order valence-electron chi connectivity index (χ2n) is 15.0. The largest absolute Gasteiger partial charge is 0.0622 e. The molecule has 3 aliphatic carbocycles. The Bertz CT molecular complexity index is 2200. The molecule has 0 amide bonds. The van der Waals surface area contributed by atoms with E-state index in [1.165, 1.54) is 108 Å². The first kappa shape index (κ1) is 30.8. The van der Waals surface area contributed by atoms with Gasteiger partial charge in [-0.15, -0.1) is 0 Å². The van der Waals surface area contributed by atoms with Crippen LogP contribution in [0.25, 0.3) is 56.7 Å². The van der Waals surface area contributed by atoms with Gasteiger partial charge in [0.05, 0.1) is 0 Å². The van der Waals surface area contributed by atoms with Gasteiger partial charge in [-0.25, -0.2) is 0 Å². The van der Waals surface area contributed by atoms with Crippen molar-refractivity contribution in [3.63, 3.8) is 0 Å². The van der Waals surface area contributed by atoms with E-state index in [1.807, 2.05) is 0 Å². The summed E-state index contributed by atoms with van der Waals surface area (Å²) >= 11 is 0. The van der Waals surface area contributed by atoms with Gasteiger partial charge in [-0.2, -0.15) is 0 Å². The van der Waals surface area contributed by atoms with Crippen LogP contribution in [0, 0.1) is 33.1 Å². The van der Waals surface area contributed by atoms with Crippen LogP contribution in [0.5, 0.6) is 0 Å². The Hall–Kier alpha value is -5.20. The van der Waals surface area contributed by atoms with Crippen LogP contribution in [0.15, 0.2) is 132 Å². The Morgan fingerprint density at radius 1 is 0.420 bits per heavy atom. The third-order valence-electron chi connectivity index (χ3n) is 12.3. The third-order valence-corrected chi connectivity index (χ3v) is 12.3. The number of benzene rings is 6. The molecule has 6 aromatic carbocycles. The summed E-state index contributed by atoms with van der Waals surface area (Å²) in [4.78, 5) is 0. The van der Waals surface area contributed by atoms with Crippen molar-refractivity contribution >= 4 is 12.2 Å². The highest BCUT2D eigenvalue weighted by molar-refractivity contribution is 5.89. The molecule has 9 rings (SSSR count). The van der Waals surface area contributed by atoms with Crippen LogP contribution in [0.2, 0.25) is 0 Å². The molecule has 0 aromatic heterocycles. The first-order chi connectivity index (χ1) is 24.4. The predicted octanol–water partition coefficient (Wildman–Crippen LogP) is 13.3. The summed E-state index contributed by atoms with van der Waals surface area (Å²) < 4.78 is 0. The van der Waals surface area contributed by atoms with E-state index >= 15 is 0 Å². The minimum Gasteiger partial charge on any atom is -0.0622 e. The van der Waals surface area contributed by atoms with E-state index in [4.69, 9.17) is 0 Å². The molecule has 50 heavy (non-hydrogen) atoms. The standard InChI is InChI=1S/C50H44/c1-32-22-24-42(34(3)48(32)36-14-7-5-8-15-36)44-20-11-18-38-28-40(30-46(38)44)50(26-13-27-50)41-29-39-19-12-21-45(47(39)31-41)43-25-23-33(2)49(35(43)4)37-16-9-6-10-17-37/h5-12,14-25,30-31H,13,26-29H2,1-4H3. The SMILES string of the molecule is Cc1ccc(-c2cccc3c2C=C(C2(C4=Cc5c(cccc5-c5ccc(C)c(-c6ccccc6)c5C)C4)CCC2)C3)c(C)c1-c1ccccc1. The summed E-state index contributed by atoms with van der Waals surface area (Å²) in [5.74, 6) is 0. The van der Waals surface area contributed by atoms with Crippen molar-refractivity contribution in [1.29, 1.82) is 0 Å². The Balaban J connectivity index is 1.11. The van der Waals surface area contributed by atoms with E-state index in [-0.39, 0.29) is 5.41 Å². The number of allylic oxidation sites excluding steroid dienone is 2. The summed E-state index contributed by atoms with van der Waals surface area (Å²) in [5, 5.41) is 0. The number of hydrogen-bond donors (Lipinski definition) is 0. The fourth-order valence-electron chi connectivity index (χ4n) is 9.58. The van der Waals surface area contributed by atoms with Crippen molar-refractivity contribution in [3.05, 3.63) is 177 Å². The average Bonchev–Trinajstić information content (AvgIpc) is 3.75. The van der Waals surface area contributed by atoms with Crippen molar-refractivity contribution in [2.24, 2.45) is 5.41 Å². The molecule has 0 atom stereocenters. The first-order valence-electron chi connectivity index (χ1n) is 18.4. The molecule has 0 spiro atoms. The molecular formula is C50H44. The number of aryl methyl sites for hydroxylation is 2. The predicted molar refractivity (Wildman–Crippen MR) is 213 cm³/mol. The van der Waals surface area contributed by atoms with Gasteiger partial charge in [0.15, 0.2) is 0 Å². The van der Waals surface area contributed by atoms with E-state index in [1.54, 1.807) is 11.1 Å². The molecule has 6 aromatic rings. The van der Waals surface area contributed by atoms with E-state index in [0.717, 1.165) is 12.8 Å². The maximum Gasteiger partial charge on any atom is 0.0134 e. The van der Waals surface area contributed by atoms with Crippen LogP contribution in [0.4, 0.5) is 0 Å².